The number of amides is 1. The van der Waals surface area contributed by atoms with Crippen molar-refractivity contribution >= 4 is 38.6 Å². The number of hydrogen-bond acceptors (Lipinski definition) is 5. The minimum absolute atomic E-state index is 0.208. The average molecular weight is 426 g/mol. The van der Waals surface area contributed by atoms with Crippen LogP contribution in [0.25, 0.3) is 17.0 Å². The SMILES string of the molecule is CS(=O)(=O)Nc1ccc(/C=C/C(=O)NCCCOc2cccc3cccnc23)cc1. The molecule has 7 nitrogen and oxygen atoms in total. The minimum Gasteiger partial charge on any atom is -0.491 e. The third kappa shape index (κ3) is 6.59. The van der Waals surface area contributed by atoms with Gasteiger partial charge < -0.3 is 10.1 Å². The summed E-state index contributed by atoms with van der Waals surface area (Å²) >= 11 is 0. The van der Waals surface area contributed by atoms with E-state index in [1.54, 1.807) is 36.5 Å². The quantitative estimate of drug-likeness (QED) is 0.405. The van der Waals surface area contributed by atoms with Gasteiger partial charge in [0.2, 0.25) is 15.9 Å². The number of fused-ring (bicyclic) bond motifs is 1. The smallest absolute Gasteiger partial charge is 0.244 e. The summed E-state index contributed by atoms with van der Waals surface area (Å²) in [7, 11) is -3.31. The third-order valence-electron chi connectivity index (χ3n) is 4.11. The number of benzene rings is 2. The Morgan fingerprint density at radius 3 is 2.63 bits per heavy atom. The fraction of sp³-hybridized carbons (Fsp3) is 0.182. The molecule has 0 unspecified atom stereocenters. The standard InChI is InChI=1S/C22H23N3O4S/c1-30(27,28)25-19-11-8-17(9-12-19)10-13-21(26)23-15-4-16-29-20-7-2-5-18-6-3-14-24-22(18)20/h2-3,5-14,25H,4,15-16H2,1H3,(H,23,26)/b13-10+. The molecule has 3 rings (SSSR count). The van der Waals surface area contributed by atoms with Gasteiger partial charge in [-0.15, -0.1) is 0 Å². The number of carbonyl (C=O) groups is 1. The molecule has 1 aromatic heterocycles. The molecule has 1 amide bonds. The summed E-state index contributed by atoms with van der Waals surface area (Å²) in [5.41, 5.74) is 2.08. The first kappa shape index (κ1) is 21.3. The molecule has 0 radical (unpaired) electrons. The zero-order chi connectivity index (χ0) is 21.4. The molecule has 0 spiro atoms. The number of nitrogens with one attached hydrogen (secondary N) is 2. The number of ether oxygens (including phenoxy) is 1. The lowest BCUT2D eigenvalue weighted by molar-refractivity contribution is -0.116. The van der Waals surface area contributed by atoms with Crippen LogP contribution in [-0.2, 0) is 14.8 Å². The van der Waals surface area contributed by atoms with Crippen molar-refractivity contribution < 1.29 is 17.9 Å². The van der Waals surface area contributed by atoms with Crippen molar-refractivity contribution in [1.82, 2.24) is 10.3 Å². The molecule has 156 valence electrons. The van der Waals surface area contributed by atoms with Crippen molar-refractivity contribution in [3.8, 4) is 5.75 Å². The topological polar surface area (TPSA) is 97.4 Å². The van der Waals surface area contributed by atoms with E-state index < -0.39 is 10.0 Å². The van der Waals surface area contributed by atoms with Gasteiger partial charge in [-0.05, 0) is 42.3 Å². The van der Waals surface area contributed by atoms with Crippen LogP contribution in [0.3, 0.4) is 0 Å². The van der Waals surface area contributed by atoms with Crippen molar-refractivity contribution in [2.24, 2.45) is 0 Å². The summed E-state index contributed by atoms with van der Waals surface area (Å²) in [5, 5.41) is 3.83. The summed E-state index contributed by atoms with van der Waals surface area (Å²) in [6.45, 7) is 0.951. The monoisotopic (exact) mass is 425 g/mol. The van der Waals surface area contributed by atoms with Gasteiger partial charge in [0.15, 0.2) is 0 Å². The fourth-order valence-electron chi connectivity index (χ4n) is 2.77. The lowest BCUT2D eigenvalue weighted by Crippen LogP contribution is -2.23. The molecule has 8 heteroatoms. The van der Waals surface area contributed by atoms with Gasteiger partial charge in [0, 0.05) is 29.9 Å². The molecular weight excluding hydrogens is 402 g/mol. The molecular formula is C22H23N3O4S. The highest BCUT2D eigenvalue weighted by atomic mass is 32.2. The van der Waals surface area contributed by atoms with Crippen LogP contribution < -0.4 is 14.8 Å². The Morgan fingerprint density at radius 1 is 1.10 bits per heavy atom. The molecule has 1 heterocycles. The molecule has 2 aromatic carbocycles. The van der Waals surface area contributed by atoms with Crippen molar-refractivity contribution in [1.29, 1.82) is 0 Å². The lowest BCUT2D eigenvalue weighted by Gasteiger charge is -2.08. The second-order valence-corrected chi connectivity index (χ2v) is 8.40. The maximum absolute atomic E-state index is 11.9. The van der Waals surface area contributed by atoms with Crippen LogP contribution in [0.5, 0.6) is 5.75 Å². The Morgan fingerprint density at radius 2 is 1.87 bits per heavy atom. The summed E-state index contributed by atoms with van der Waals surface area (Å²) in [5.74, 6) is 0.522. The number of para-hydroxylation sites is 1. The Kier molecular flexibility index (Phi) is 7.03. The van der Waals surface area contributed by atoms with Crippen LogP contribution >= 0.6 is 0 Å². The average Bonchev–Trinajstić information content (AvgIpc) is 2.72. The van der Waals surface area contributed by atoms with Crippen LogP contribution in [0, 0.1) is 0 Å². The summed E-state index contributed by atoms with van der Waals surface area (Å²) in [6.07, 6.45) is 6.59. The fourth-order valence-corrected chi connectivity index (χ4v) is 3.33. The predicted molar refractivity (Wildman–Crippen MR) is 119 cm³/mol. The maximum atomic E-state index is 11.9. The molecule has 0 fully saturated rings. The first-order valence-electron chi connectivity index (χ1n) is 9.41. The first-order valence-corrected chi connectivity index (χ1v) is 11.3. The largest absolute Gasteiger partial charge is 0.491 e. The van der Waals surface area contributed by atoms with Gasteiger partial charge in [0.05, 0.1) is 12.9 Å². The highest BCUT2D eigenvalue weighted by Gasteiger charge is 2.03. The number of pyridine rings is 1. The molecule has 0 atom stereocenters. The van der Waals surface area contributed by atoms with Gasteiger partial charge in [-0.2, -0.15) is 0 Å². The van der Waals surface area contributed by atoms with Crippen LogP contribution in [0.2, 0.25) is 0 Å². The highest BCUT2D eigenvalue weighted by molar-refractivity contribution is 7.92. The van der Waals surface area contributed by atoms with Crippen LogP contribution in [0.1, 0.15) is 12.0 Å². The molecule has 0 aliphatic carbocycles. The number of hydrogen-bond donors (Lipinski definition) is 2. The van der Waals surface area contributed by atoms with Gasteiger partial charge in [0.25, 0.3) is 0 Å². The normalized spacial score (nSPS) is 11.5. The number of rotatable bonds is 9. The molecule has 30 heavy (non-hydrogen) atoms. The van der Waals surface area contributed by atoms with E-state index >= 15 is 0 Å². The van der Waals surface area contributed by atoms with E-state index in [1.165, 1.54) is 6.08 Å². The molecule has 0 saturated carbocycles. The Bertz CT molecular complexity index is 1140. The van der Waals surface area contributed by atoms with Gasteiger partial charge in [-0.1, -0.05) is 30.3 Å². The minimum atomic E-state index is -3.31. The van der Waals surface area contributed by atoms with Gasteiger partial charge >= 0.3 is 0 Å². The Labute approximate surface area is 175 Å². The summed E-state index contributed by atoms with van der Waals surface area (Å²) in [4.78, 5) is 16.3. The van der Waals surface area contributed by atoms with Crippen LogP contribution in [-0.4, -0.2) is 38.7 Å². The van der Waals surface area contributed by atoms with Gasteiger partial charge in [0.1, 0.15) is 11.3 Å². The van der Waals surface area contributed by atoms with Gasteiger partial charge in [-0.25, -0.2) is 8.42 Å². The summed E-state index contributed by atoms with van der Waals surface area (Å²) in [6, 6.07) is 16.4. The molecule has 2 N–H and O–H groups in total. The van der Waals surface area contributed by atoms with E-state index in [0.29, 0.717) is 25.3 Å². The molecule has 0 saturated heterocycles. The maximum Gasteiger partial charge on any atom is 0.244 e. The van der Waals surface area contributed by atoms with Crippen molar-refractivity contribution in [2.75, 3.05) is 24.1 Å². The van der Waals surface area contributed by atoms with E-state index in [4.69, 9.17) is 4.74 Å². The number of aromatic nitrogens is 1. The zero-order valence-corrected chi connectivity index (χ0v) is 17.4. The second-order valence-electron chi connectivity index (χ2n) is 6.65. The predicted octanol–water partition coefficient (Wildman–Crippen LogP) is 3.20. The Balaban J connectivity index is 1.40. The Hall–Kier alpha value is -3.39. The van der Waals surface area contributed by atoms with E-state index in [2.05, 4.69) is 15.0 Å². The van der Waals surface area contributed by atoms with Crippen molar-refractivity contribution in [2.45, 2.75) is 6.42 Å². The number of nitrogens with zero attached hydrogens (tertiary/aromatic N) is 1. The first-order chi connectivity index (χ1) is 14.4. The van der Waals surface area contributed by atoms with Crippen LogP contribution in [0.15, 0.2) is 66.9 Å². The van der Waals surface area contributed by atoms with E-state index in [0.717, 1.165) is 28.5 Å². The number of sulfonamides is 1. The molecule has 0 aliphatic heterocycles. The molecule has 0 bridgehead atoms. The van der Waals surface area contributed by atoms with E-state index in [1.807, 2.05) is 30.3 Å². The number of carbonyl (C=O) groups excluding carboxylic acids is 1. The van der Waals surface area contributed by atoms with E-state index in [-0.39, 0.29) is 5.91 Å². The molecule has 0 aliphatic rings. The van der Waals surface area contributed by atoms with Crippen LogP contribution in [0.4, 0.5) is 5.69 Å². The van der Waals surface area contributed by atoms with Crippen molar-refractivity contribution in [3.63, 3.8) is 0 Å². The number of anilines is 1. The third-order valence-corrected chi connectivity index (χ3v) is 4.72. The second kappa shape index (κ2) is 9.89. The van der Waals surface area contributed by atoms with Gasteiger partial charge in [-0.3, -0.25) is 14.5 Å². The summed E-state index contributed by atoms with van der Waals surface area (Å²) < 4.78 is 30.6. The molecule has 3 aromatic rings. The van der Waals surface area contributed by atoms with E-state index in [9.17, 15) is 13.2 Å². The lowest BCUT2D eigenvalue weighted by atomic mass is 10.2. The zero-order valence-electron chi connectivity index (χ0n) is 16.5. The highest BCUT2D eigenvalue weighted by Crippen LogP contribution is 2.22. The van der Waals surface area contributed by atoms with Crippen molar-refractivity contribution in [3.05, 3.63) is 72.4 Å².